The van der Waals surface area contributed by atoms with Crippen LogP contribution >= 0.6 is 23.2 Å². The molecule has 0 aliphatic rings. The van der Waals surface area contributed by atoms with Crippen LogP contribution in [0.5, 0.6) is 0 Å². The lowest BCUT2D eigenvalue weighted by molar-refractivity contribution is -0.124. The van der Waals surface area contributed by atoms with Gasteiger partial charge in [-0.05, 0) is 6.42 Å². The van der Waals surface area contributed by atoms with E-state index in [0.717, 1.165) is 0 Å². The molecule has 0 unspecified atom stereocenters. The van der Waals surface area contributed by atoms with Crippen molar-refractivity contribution in [3.05, 3.63) is 16.6 Å². The van der Waals surface area contributed by atoms with Gasteiger partial charge >= 0.3 is 0 Å². The maximum atomic E-state index is 11.9. The number of carbonyl (C=O) groups excluding carboxylic acids is 1. The van der Waals surface area contributed by atoms with Gasteiger partial charge in [-0.25, -0.2) is 9.97 Å². The van der Waals surface area contributed by atoms with Crippen LogP contribution in [-0.4, -0.2) is 15.9 Å². The second-order valence-electron chi connectivity index (χ2n) is 4.02. The molecule has 1 aromatic rings. The molecule has 1 rings (SSSR count). The van der Waals surface area contributed by atoms with Crippen LogP contribution < -0.4 is 5.32 Å². The minimum Gasteiger partial charge on any atom is -0.320 e. The summed E-state index contributed by atoms with van der Waals surface area (Å²) in [5.41, 5.74) is -0.222. The summed E-state index contributed by atoms with van der Waals surface area (Å²) in [4.78, 5) is 19.4. The topological polar surface area (TPSA) is 54.9 Å². The van der Waals surface area contributed by atoms with E-state index in [1.165, 1.54) is 6.33 Å². The van der Waals surface area contributed by atoms with Gasteiger partial charge in [-0.3, -0.25) is 4.79 Å². The highest BCUT2D eigenvalue weighted by Crippen LogP contribution is 2.29. The molecule has 0 spiro atoms. The van der Waals surface area contributed by atoms with Crippen molar-refractivity contribution in [2.24, 2.45) is 5.41 Å². The Labute approximate surface area is 104 Å². The molecule has 1 heterocycles. The van der Waals surface area contributed by atoms with Gasteiger partial charge in [0.25, 0.3) is 0 Å². The molecule has 88 valence electrons. The summed E-state index contributed by atoms with van der Waals surface area (Å²) in [6.07, 6.45) is 1.95. The van der Waals surface area contributed by atoms with Gasteiger partial charge < -0.3 is 5.32 Å². The number of halogens is 2. The lowest BCUT2D eigenvalue weighted by Crippen LogP contribution is -2.30. The van der Waals surface area contributed by atoms with E-state index in [-0.39, 0.29) is 21.9 Å². The quantitative estimate of drug-likeness (QED) is 0.851. The molecular weight excluding hydrogens is 249 g/mol. The van der Waals surface area contributed by atoms with Crippen LogP contribution in [0.15, 0.2) is 6.33 Å². The monoisotopic (exact) mass is 261 g/mol. The van der Waals surface area contributed by atoms with Crippen LogP contribution in [0.3, 0.4) is 0 Å². The van der Waals surface area contributed by atoms with Gasteiger partial charge in [0.15, 0.2) is 10.3 Å². The van der Waals surface area contributed by atoms with E-state index in [2.05, 4.69) is 15.3 Å². The third kappa shape index (κ3) is 2.83. The highest BCUT2D eigenvalue weighted by atomic mass is 35.5. The van der Waals surface area contributed by atoms with Gasteiger partial charge in [0.1, 0.15) is 12.0 Å². The SMILES string of the molecule is CCC(C)(C)C(=O)Nc1c(Cl)ncnc1Cl. The summed E-state index contributed by atoms with van der Waals surface area (Å²) in [6.45, 7) is 5.62. The maximum Gasteiger partial charge on any atom is 0.230 e. The second-order valence-corrected chi connectivity index (χ2v) is 4.74. The zero-order valence-corrected chi connectivity index (χ0v) is 10.9. The molecule has 16 heavy (non-hydrogen) atoms. The Morgan fingerprint density at radius 3 is 2.31 bits per heavy atom. The Bertz CT molecular complexity index is 387. The highest BCUT2D eigenvalue weighted by Gasteiger charge is 2.26. The normalized spacial score (nSPS) is 11.3. The molecule has 0 radical (unpaired) electrons. The highest BCUT2D eigenvalue weighted by molar-refractivity contribution is 6.38. The van der Waals surface area contributed by atoms with Crippen LogP contribution in [0.2, 0.25) is 10.3 Å². The first-order valence-electron chi connectivity index (χ1n) is 4.86. The van der Waals surface area contributed by atoms with Crippen molar-refractivity contribution in [3.63, 3.8) is 0 Å². The summed E-state index contributed by atoms with van der Waals surface area (Å²) in [5, 5.41) is 2.92. The minimum absolute atomic E-state index is 0.139. The summed E-state index contributed by atoms with van der Waals surface area (Å²) >= 11 is 11.6. The molecule has 1 aromatic heterocycles. The van der Waals surface area contributed by atoms with Crippen LogP contribution in [0.25, 0.3) is 0 Å². The Morgan fingerprint density at radius 1 is 1.38 bits per heavy atom. The smallest absolute Gasteiger partial charge is 0.230 e. The molecule has 0 saturated heterocycles. The van der Waals surface area contributed by atoms with E-state index >= 15 is 0 Å². The number of nitrogens with one attached hydrogen (secondary N) is 1. The third-order valence-electron chi connectivity index (χ3n) is 2.49. The fraction of sp³-hybridized carbons (Fsp3) is 0.500. The van der Waals surface area contributed by atoms with Crippen molar-refractivity contribution in [2.75, 3.05) is 5.32 Å². The fourth-order valence-corrected chi connectivity index (χ4v) is 1.30. The lowest BCUT2D eigenvalue weighted by atomic mass is 9.89. The van der Waals surface area contributed by atoms with Crippen molar-refractivity contribution in [1.82, 2.24) is 9.97 Å². The number of hydrogen-bond donors (Lipinski definition) is 1. The zero-order valence-electron chi connectivity index (χ0n) is 9.34. The van der Waals surface area contributed by atoms with Gasteiger partial charge in [0.2, 0.25) is 5.91 Å². The molecule has 0 aromatic carbocycles. The molecule has 0 aliphatic carbocycles. The van der Waals surface area contributed by atoms with Gasteiger partial charge in [0, 0.05) is 5.41 Å². The van der Waals surface area contributed by atoms with Gasteiger partial charge in [-0.15, -0.1) is 0 Å². The van der Waals surface area contributed by atoms with E-state index in [4.69, 9.17) is 23.2 Å². The Kier molecular flexibility index (Phi) is 4.10. The van der Waals surface area contributed by atoms with Crippen LogP contribution in [0.1, 0.15) is 27.2 Å². The standard InChI is InChI=1S/C10H13Cl2N3O/c1-4-10(2,3)9(16)15-6-7(11)13-5-14-8(6)12/h5H,4H2,1-3H3,(H,15,16). The van der Waals surface area contributed by atoms with Crippen LogP contribution in [0, 0.1) is 5.41 Å². The number of rotatable bonds is 3. The lowest BCUT2D eigenvalue weighted by Gasteiger charge is -2.21. The van der Waals surface area contributed by atoms with E-state index in [0.29, 0.717) is 6.42 Å². The molecule has 0 bridgehead atoms. The predicted octanol–water partition coefficient (Wildman–Crippen LogP) is 3.16. The molecule has 1 amide bonds. The Balaban J connectivity index is 2.94. The first kappa shape index (κ1) is 13.2. The first-order valence-corrected chi connectivity index (χ1v) is 5.61. The Hall–Kier alpha value is -0.870. The molecule has 0 atom stereocenters. The summed E-state index contributed by atoms with van der Waals surface area (Å²) < 4.78 is 0. The largest absolute Gasteiger partial charge is 0.320 e. The first-order chi connectivity index (χ1) is 7.38. The van der Waals surface area contributed by atoms with Crippen LogP contribution in [0.4, 0.5) is 5.69 Å². The number of amides is 1. The number of hydrogen-bond acceptors (Lipinski definition) is 3. The summed E-state index contributed by atoms with van der Waals surface area (Å²) in [6, 6.07) is 0. The van der Waals surface area contributed by atoms with E-state index in [1.807, 2.05) is 20.8 Å². The second kappa shape index (κ2) is 4.97. The van der Waals surface area contributed by atoms with Crippen molar-refractivity contribution < 1.29 is 4.79 Å². The fourth-order valence-electron chi connectivity index (χ4n) is 0.891. The molecule has 0 saturated carbocycles. The molecular formula is C10H13Cl2N3O. The van der Waals surface area contributed by atoms with E-state index in [9.17, 15) is 4.79 Å². The van der Waals surface area contributed by atoms with Crippen LogP contribution in [-0.2, 0) is 4.79 Å². The molecule has 4 nitrogen and oxygen atoms in total. The average molecular weight is 262 g/mol. The van der Waals surface area contributed by atoms with E-state index in [1.54, 1.807) is 0 Å². The van der Waals surface area contributed by atoms with E-state index < -0.39 is 5.41 Å². The average Bonchev–Trinajstić information content (AvgIpc) is 2.23. The van der Waals surface area contributed by atoms with Crippen molar-refractivity contribution in [3.8, 4) is 0 Å². The number of nitrogens with zero attached hydrogens (tertiary/aromatic N) is 2. The Morgan fingerprint density at radius 2 is 1.88 bits per heavy atom. The predicted molar refractivity (Wildman–Crippen MR) is 64.8 cm³/mol. The molecule has 6 heteroatoms. The molecule has 0 aliphatic heterocycles. The van der Waals surface area contributed by atoms with Crippen molar-refractivity contribution in [2.45, 2.75) is 27.2 Å². The number of aromatic nitrogens is 2. The van der Waals surface area contributed by atoms with Gasteiger partial charge in [0.05, 0.1) is 0 Å². The molecule has 0 fully saturated rings. The van der Waals surface area contributed by atoms with Crippen molar-refractivity contribution >= 4 is 34.8 Å². The van der Waals surface area contributed by atoms with Gasteiger partial charge in [-0.1, -0.05) is 44.0 Å². The van der Waals surface area contributed by atoms with Crippen molar-refractivity contribution in [1.29, 1.82) is 0 Å². The van der Waals surface area contributed by atoms with Gasteiger partial charge in [-0.2, -0.15) is 0 Å². The maximum absolute atomic E-state index is 11.9. The third-order valence-corrected chi connectivity index (χ3v) is 3.06. The minimum atomic E-state index is -0.484. The molecule has 1 N–H and O–H groups in total. The number of anilines is 1. The summed E-state index contributed by atoms with van der Waals surface area (Å²) in [5.74, 6) is -0.159. The number of carbonyl (C=O) groups is 1. The zero-order chi connectivity index (χ0) is 12.3. The summed E-state index contributed by atoms with van der Waals surface area (Å²) in [7, 11) is 0.